The average molecular weight is 317 g/mol. The molecule has 0 atom stereocenters. The molecule has 2 heterocycles. The summed E-state index contributed by atoms with van der Waals surface area (Å²) in [5.41, 5.74) is 1.23. The van der Waals surface area contributed by atoms with Gasteiger partial charge in [-0.3, -0.25) is 4.90 Å². The SMILES string of the molecule is COCc1nc(CN2CCC(Oc3cccc(C)c3)CC2)no1. The van der Waals surface area contributed by atoms with Gasteiger partial charge in [0.15, 0.2) is 5.82 Å². The van der Waals surface area contributed by atoms with Crippen LogP contribution in [0.5, 0.6) is 5.75 Å². The topological polar surface area (TPSA) is 60.6 Å². The fraction of sp³-hybridized carbons (Fsp3) is 0.529. The zero-order valence-electron chi connectivity index (χ0n) is 13.7. The van der Waals surface area contributed by atoms with Crippen LogP contribution in [0, 0.1) is 6.92 Å². The van der Waals surface area contributed by atoms with Crippen LogP contribution in [0.3, 0.4) is 0 Å². The van der Waals surface area contributed by atoms with Gasteiger partial charge in [-0.05, 0) is 37.5 Å². The van der Waals surface area contributed by atoms with E-state index in [1.807, 2.05) is 12.1 Å². The number of piperidine rings is 1. The number of aryl methyl sites for hydroxylation is 1. The zero-order chi connectivity index (χ0) is 16.1. The fourth-order valence-corrected chi connectivity index (χ4v) is 2.80. The van der Waals surface area contributed by atoms with Gasteiger partial charge in [-0.1, -0.05) is 17.3 Å². The Morgan fingerprint density at radius 2 is 2.13 bits per heavy atom. The second-order valence-corrected chi connectivity index (χ2v) is 5.95. The van der Waals surface area contributed by atoms with Crippen LogP contribution in [-0.2, 0) is 17.9 Å². The van der Waals surface area contributed by atoms with Crippen LogP contribution in [-0.4, -0.2) is 41.3 Å². The number of hydrogen-bond donors (Lipinski definition) is 0. The van der Waals surface area contributed by atoms with E-state index in [0.717, 1.165) is 37.5 Å². The standard InChI is InChI=1S/C17H23N3O3/c1-13-4-3-5-15(10-13)22-14-6-8-20(9-7-14)11-16-18-17(12-21-2)23-19-16/h3-5,10,14H,6-9,11-12H2,1-2H3. The van der Waals surface area contributed by atoms with Crippen molar-refractivity contribution >= 4 is 0 Å². The minimum absolute atomic E-state index is 0.280. The smallest absolute Gasteiger partial charge is 0.252 e. The van der Waals surface area contributed by atoms with Gasteiger partial charge in [-0.15, -0.1) is 0 Å². The number of nitrogens with zero attached hydrogens (tertiary/aromatic N) is 3. The molecule has 0 saturated carbocycles. The number of methoxy groups -OCH3 is 1. The first-order chi connectivity index (χ1) is 11.2. The Morgan fingerprint density at radius 3 is 2.87 bits per heavy atom. The van der Waals surface area contributed by atoms with Gasteiger partial charge in [0.25, 0.3) is 5.89 Å². The predicted molar refractivity (Wildman–Crippen MR) is 85.1 cm³/mol. The van der Waals surface area contributed by atoms with Gasteiger partial charge in [-0.2, -0.15) is 4.98 Å². The first-order valence-electron chi connectivity index (χ1n) is 7.99. The highest BCUT2D eigenvalue weighted by atomic mass is 16.5. The van der Waals surface area contributed by atoms with E-state index < -0.39 is 0 Å². The zero-order valence-corrected chi connectivity index (χ0v) is 13.7. The van der Waals surface area contributed by atoms with Crippen LogP contribution in [0.25, 0.3) is 0 Å². The summed E-state index contributed by atoms with van der Waals surface area (Å²) in [6.45, 7) is 5.11. The number of ether oxygens (including phenoxy) is 2. The molecule has 1 saturated heterocycles. The summed E-state index contributed by atoms with van der Waals surface area (Å²) in [5, 5.41) is 3.99. The molecule has 23 heavy (non-hydrogen) atoms. The van der Waals surface area contributed by atoms with Crippen molar-refractivity contribution in [2.24, 2.45) is 0 Å². The molecular formula is C17H23N3O3. The molecule has 0 radical (unpaired) electrons. The van der Waals surface area contributed by atoms with Crippen molar-refractivity contribution in [2.75, 3.05) is 20.2 Å². The van der Waals surface area contributed by atoms with Crippen LogP contribution in [0.15, 0.2) is 28.8 Å². The van der Waals surface area contributed by atoms with Crippen LogP contribution in [0.1, 0.15) is 30.1 Å². The molecule has 0 unspecified atom stereocenters. The molecule has 1 aromatic carbocycles. The molecule has 0 aliphatic carbocycles. The van der Waals surface area contributed by atoms with E-state index >= 15 is 0 Å². The third-order valence-corrected chi connectivity index (χ3v) is 3.97. The lowest BCUT2D eigenvalue weighted by Gasteiger charge is -2.31. The van der Waals surface area contributed by atoms with Crippen molar-refractivity contribution in [3.8, 4) is 5.75 Å². The Hall–Kier alpha value is -1.92. The Bertz CT molecular complexity index is 621. The number of benzene rings is 1. The van der Waals surface area contributed by atoms with Crippen molar-refractivity contribution < 1.29 is 14.0 Å². The summed E-state index contributed by atoms with van der Waals surface area (Å²) < 4.78 is 16.2. The van der Waals surface area contributed by atoms with Crippen LogP contribution >= 0.6 is 0 Å². The second kappa shape index (κ2) is 7.57. The number of rotatable bonds is 6. The number of hydrogen-bond acceptors (Lipinski definition) is 6. The molecule has 0 amide bonds. The Balaban J connectivity index is 1.46. The molecule has 2 aromatic rings. The van der Waals surface area contributed by atoms with Gasteiger partial charge in [0.05, 0.1) is 6.54 Å². The van der Waals surface area contributed by atoms with Gasteiger partial charge in [0, 0.05) is 20.2 Å². The van der Waals surface area contributed by atoms with E-state index in [2.05, 4.69) is 34.1 Å². The maximum Gasteiger partial charge on any atom is 0.252 e. The lowest BCUT2D eigenvalue weighted by Crippen LogP contribution is -2.38. The number of aromatic nitrogens is 2. The van der Waals surface area contributed by atoms with Crippen molar-refractivity contribution in [2.45, 2.75) is 39.0 Å². The molecule has 1 aliphatic rings. The van der Waals surface area contributed by atoms with Crippen molar-refractivity contribution in [3.63, 3.8) is 0 Å². The summed E-state index contributed by atoms with van der Waals surface area (Å²) in [6, 6.07) is 8.23. The molecule has 1 fully saturated rings. The highest BCUT2D eigenvalue weighted by Crippen LogP contribution is 2.20. The van der Waals surface area contributed by atoms with E-state index in [0.29, 0.717) is 19.0 Å². The minimum Gasteiger partial charge on any atom is -0.490 e. The molecule has 6 heteroatoms. The van der Waals surface area contributed by atoms with Crippen LogP contribution in [0.4, 0.5) is 0 Å². The maximum absolute atomic E-state index is 6.08. The molecule has 1 aromatic heterocycles. The predicted octanol–water partition coefficient (Wildman–Crippen LogP) is 2.57. The van der Waals surface area contributed by atoms with E-state index in [1.54, 1.807) is 7.11 Å². The summed E-state index contributed by atoms with van der Waals surface area (Å²) in [7, 11) is 1.61. The Kier molecular flexibility index (Phi) is 5.25. The molecule has 124 valence electrons. The highest BCUT2D eigenvalue weighted by molar-refractivity contribution is 5.27. The third kappa shape index (κ3) is 4.53. The van der Waals surface area contributed by atoms with E-state index in [1.165, 1.54) is 5.56 Å². The first-order valence-corrected chi connectivity index (χ1v) is 7.99. The quantitative estimate of drug-likeness (QED) is 0.816. The third-order valence-electron chi connectivity index (χ3n) is 3.97. The van der Waals surface area contributed by atoms with E-state index in [9.17, 15) is 0 Å². The molecule has 0 bridgehead atoms. The molecule has 3 rings (SSSR count). The normalized spacial score (nSPS) is 16.6. The monoisotopic (exact) mass is 317 g/mol. The van der Waals surface area contributed by atoms with Crippen molar-refractivity contribution in [1.29, 1.82) is 0 Å². The Morgan fingerprint density at radius 1 is 1.30 bits per heavy atom. The van der Waals surface area contributed by atoms with Gasteiger partial charge >= 0.3 is 0 Å². The molecule has 1 aliphatic heterocycles. The van der Waals surface area contributed by atoms with Crippen molar-refractivity contribution in [3.05, 3.63) is 41.5 Å². The lowest BCUT2D eigenvalue weighted by atomic mass is 10.1. The molecule has 6 nitrogen and oxygen atoms in total. The average Bonchev–Trinajstić information content (AvgIpc) is 2.97. The maximum atomic E-state index is 6.08. The molecule has 0 spiro atoms. The van der Waals surface area contributed by atoms with Crippen LogP contribution in [0.2, 0.25) is 0 Å². The fourth-order valence-electron chi connectivity index (χ4n) is 2.80. The minimum atomic E-state index is 0.280. The van der Waals surface area contributed by atoms with Gasteiger partial charge in [0.1, 0.15) is 18.5 Å². The summed E-state index contributed by atoms with van der Waals surface area (Å²) >= 11 is 0. The van der Waals surface area contributed by atoms with E-state index in [4.69, 9.17) is 14.0 Å². The molecule has 0 N–H and O–H groups in total. The van der Waals surface area contributed by atoms with Crippen molar-refractivity contribution in [1.82, 2.24) is 15.0 Å². The Labute approximate surface area is 136 Å². The second-order valence-electron chi connectivity index (χ2n) is 5.95. The van der Waals surface area contributed by atoms with Gasteiger partial charge in [-0.25, -0.2) is 0 Å². The van der Waals surface area contributed by atoms with E-state index in [-0.39, 0.29) is 6.10 Å². The molecular weight excluding hydrogens is 294 g/mol. The first kappa shape index (κ1) is 16.0. The van der Waals surface area contributed by atoms with Crippen LogP contribution < -0.4 is 4.74 Å². The summed E-state index contributed by atoms with van der Waals surface area (Å²) in [5.74, 6) is 2.21. The highest BCUT2D eigenvalue weighted by Gasteiger charge is 2.22. The lowest BCUT2D eigenvalue weighted by molar-refractivity contribution is 0.0948. The van der Waals surface area contributed by atoms with Gasteiger partial charge in [0.2, 0.25) is 0 Å². The summed E-state index contributed by atoms with van der Waals surface area (Å²) in [4.78, 5) is 6.65. The van der Waals surface area contributed by atoms with Gasteiger partial charge < -0.3 is 14.0 Å². The summed E-state index contributed by atoms with van der Waals surface area (Å²) in [6.07, 6.45) is 2.30. The number of likely N-dealkylation sites (tertiary alicyclic amines) is 1. The largest absolute Gasteiger partial charge is 0.490 e.